The highest BCUT2D eigenvalue weighted by atomic mass is 19.1. The molecule has 0 amide bonds. The van der Waals surface area contributed by atoms with Crippen LogP contribution in [0.2, 0.25) is 0 Å². The number of halogens is 1. The Kier molecular flexibility index (Phi) is 4.91. The fraction of sp³-hybridized carbons (Fsp3) is 0.333. The van der Waals surface area contributed by atoms with Crippen molar-refractivity contribution in [2.75, 3.05) is 20.6 Å². The van der Waals surface area contributed by atoms with Gasteiger partial charge in [0.05, 0.1) is 0 Å². The minimum atomic E-state index is -0.166. The molecule has 106 valence electrons. The van der Waals surface area contributed by atoms with Crippen LogP contribution in [0.3, 0.4) is 0 Å². The molecule has 2 heteroatoms. The lowest BCUT2D eigenvalue weighted by Crippen LogP contribution is -2.14. The predicted octanol–water partition coefficient (Wildman–Crippen LogP) is 4.55. The predicted molar refractivity (Wildman–Crippen MR) is 83.4 cm³/mol. The molecule has 0 aliphatic rings. The molecule has 0 bridgehead atoms. The number of hydrogen-bond donors (Lipinski definition) is 0. The van der Waals surface area contributed by atoms with Crippen molar-refractivity contribution in [1.29, 1.82) is 0 Å². The highest BCUT2D eigenvalue weighted by Crippen LogP contribution is 2.26. The number of nitrogens with zero attached hydrogens (tertiary/aromatic N) is 1. The number of hydrogen-bond acceptors (Lipinski definition) is 1. The SMILES string of the molecule is CC(CCN(C)C)c1ccc(-c2ccccc2F)cc1. The van der Waals surface area contributed by atoms with Crippen molar-refractivity contribution in [3.63, 3.8) is 0 Å². The second-order valence-corrected chi connectivity index (χ2v) is 5.59. The van der Waals surface area contributed by atoms with Gasteiger partial charge in [-0.15, -0.1) is 0 Å². The first-order valence-electron chi connectivity index (χ1n) is 7.07. The minimum absolute atomic E-state index is 0.166. The average Bonchev–Trinajstić information content (AvgIpc) is 2.45. The van der Waals surface area contributed by atoms with E-state index < -0.39 is 0 Å². The van der Waals surface area contributed by atoms with Gasteiger partial charge in [0.2, 0.25) is 0 Å². The second kappa shape index (κ2) is 6.67. The number of rotatable bonds is 5. The summed E-state index contributed by atoms with van der Waals surface area (Å²) >= 11 is 0. The van der Waals surface area contributed by atoms with Crippen molar-refractivity contribution in [3.8, 4) is 11.1 Å². The van der Waals surface area contributed by atoms with Crippen LogP contribution >= 0.6 is 0 Å². The largest absolute Gasteiger partial charge is 0.309 e. The standard InChI is InChI=1S/C18H22FN/c1-14(12-13-20(2)3)15-8-10-16(11-9-15)17-6-4-5-7-18(17)19/h4-11,14H,12-13H2,1-3H3. The Labute approximate surface area is 121 Å². The highest BCUT2D eigenvalue weighted by Gasteiger charge is 2.08. The Bertz CT molecular complexity index is 546. The summed E-state index contributed by atoms with van der Waals surface area (Å²) in [7, 11) is 4.18. The van der Waals surface area contributed by atoms with Gasteiger partial charge in [0.15, 0.2) is 0 Å². The first-order valence-corrected chi connectivity index (χ1v) is 7.07. The maximum Gasteiger partial charge on any atom is 0.131 e. The third-order valence-corrected chi connectivity index (χ3v) is 3.67. The van der Waals surface area contributed by atoms with Crippen molar-refractivity contribution in [2.45, 2.75) is 19.3 Å². The first kappa shape index (κ1) is 14.7. The molecule has 20 heavy (non-hydrogen) atoms. The second-order valence-electron chi connectivity index (χ2n) is 5.59. The lowest BCUT2D eigenvalue weighted by atomic mass is 9.95. The van der Waals surface area contributed by atoms with Crippen LogP contribution in [0.1, 0.15) is 24.8 Å². The van der Waals surface area contributed by atoms with E-state index >= 15 is 0 Å². The van der Waals surface area contributed by atoms with Gasteiger partial charge in [0.1, 0.15) is 5.82 Å². The molecule has 0 spiro atoms. The molecular weight excluding hydrogens is 249 g/mol. The van der Waals surface area contributed by atoms with Crippen LogP contribution in [-0.2, 0) is 0 Å². The van der Waals surface area contributed by atoms with Crippen molar-refractivity contribution >= 4 is 0 Å². The van der Waals surface area contributed by atoms with E-state index in [0.29, 0.717) is 11.5 Å². The van der Waals surface area contributed by atoms with Gasteiger partial charge in [-0.25, -0.2) is 4.39 Å². The molecule has 0 aliphatic carbocycles. The van der Waals surface area contributed by atoms with E-state index in [1.54, 1.807) is 6.07 Å². The molecule has 0 saturated carbocycles. The summed E-state index contributed by atoms with van der Waals surface area (Å²) in [4.78, 5) is 2.20. The summed E-state index contributed by atoms with van der Waals surface area (Å²) in [6, 6.07) is 15.2. The topological polar surface area (TPSA) is 3.24 Å². The Morgan fingerprint density at radius 1 is 1.00 bits per heavy atom. The summed E-state index contributed by atoms with van der Waals surface area (Å²) in [6.07, 6.45) is 1.13. The quantitative estimate of drug-likeness (QED) is 0.771. The van der Waals surface area contributed by atoms with E-state index in [1.165, 1.54) is 11.6 Å². The molecule has 0 radical (unpaired) electrons. The molecule has 0 N–H and O–H groups in total. The zero-order valence-corrected chi connectivity index (χ0v) is 12.4. The van der Waals surface area contributed by atoms with E-state index in [9.17, 15) is 4.39 Å². The van der Waals surface area contributed by atoms with Crippen LogP contribution in [-0.4, -0.2) is 25.5 Å². The zero-order chi connectivity index (χ0) is 14.5. The van der Waals surface area contributed by atoms with Gasteiger partial charge in [-0.3, -0.25) is 0 Å². The molecule has 0 aliphatic heterocycles. The molecule has 2 aromatic carbocycles. The van der Waals surface area contributed by atoms with Crippen molar-refractivity contribution in [1.82, 2.24) is 4.90 Å². The average molecular weight is 271 g/mol. The molecule has 1 atom stereocenters. The maximum absolute atomic E-state index is 13.7. The molecule has 0 fully saturated rings. The van der Waals surface area contributed by atoms with E-state index in [-0.39, 0.29) is 5.82 Å². The van der Waals surface area contributed by atoms with E-state index in [0.717, 1.165) is 18.5 Å². The summed E-state index contributed by atoms with van der Waals surface area (Å²) in [6.45, 7) is 3.32. The van der Waals surface area contributed by atoms with E-state index in [4.69, 9.17) is 0 Å². The third-order valence-electron chi connectivity index (χ3n) is 3.67. The maximum atomic E-state index is 13.7. The van der Waals surface area contributed by atoms with Crippen molar-refractivity contribution in [3.05, 3.63) is 59.9 Å². The van der Waals surface area contributed by atoms with Gasteiger partial charge in [0, 0.05) is 5.56 Å². The smallest absolute Gasteiger partial charge is 0.131 e. The van der Waals surface area contributed by atoms with Gasteiger partial charge < -0.3 is 4.90 Å². The molecule has 2 aromatic rings. The lowest BCUT2D eigenvalue weighted by Gasteiger charge is -2.16. The summed E-state index contributed by atoms with van der Waals surface area (Å²) in [5, 5.41) is 0. The number of benzene rings is 2. The van der Waals surface area contributed by atoms with E-state index in [1.807, 2.05) is 24.3 Å². The van der Waals surface area contributed by atoms with E-state index in [2.05, 4.69) is 38.1 Å². The summed E-state index contributed by atoms with van der Waals surface area (Å²) < 4.78 is 13.7. The fourth-order valence-electron chi connectivity index (χ4n) is 2.31. The molecule has 0 saturated heterocycles. The molecular formula is C18H22FN. The monoisotopic (exact) mass is 271 g/mol. The van der Waals surface area contributed by atoms with Crippen molar-refractivity contribution < 1.29 is 4.39 Å². The summed E-state index contributed by atoms with van der Waals surface area (Å²) in [5.74, 6) is 0.355. The first-order chi connectivity index (χ1) is 9.58. The molecule has 2 rings (SSSR count). The third kappa shape index (κ3) is 3.67. The minimum Gasteiger partial charge on any atom is -0.309 e. The fourth-order valence-corrected chi connectivity index (χ4v) is 2.31. The van der Waals surface area contributed by atoms with Crippen molar-refractivity contribution in [2.24, 2.45) is 0 Å². The molecule has 0 aromatic heterocycles. The molecule has 1 nitrogen and oxygen atoms in total. The van der Waals surface area contributed by atoms with Crippen LogP contribution in [0.25, 0.3) is 11.1 Å². The summed E-state index contributed by atoms with van der Waals surface area (Å²) in [5.41, 5.74) is 2.92. The normalized spacial score (nSPS) is 12.7. The van der Waals surface area contributed by atoms with Crippen LogP contribution in [0, 0.1) is 5.82 Å². The zero-order valence-electron chi connectivity index (χ0n) is 12.4. The van der Waals surface area contributed by atoms with Crippen LogP contribution < -0.4 is 0 Å². The Balaban J connectivity index is 2.12. The van der Waals surface area contributed by atoms with Crippen LogP contribution in [0.15, 0.2) is 48.5 Å². The molecule has 0 heterocycles. The van der Waals surface area contributed by atoms with Crippen LogP contribution in [0.4, 0.5) is 4.39 Å². The Morgan fingerprint density at radius 3 is 2.25 bits per heavy atom. The van der Waals surface area contributed by atoms with Gasteiger partial charge in [-0.2, -0.15) is 0 Å². The van der Waals surface area contributed by atoms with Gasteiger partial charge in [-0.05, 0) is 50.2 Å². The highest BCUT2D eigenvalue weighted by molar-refractivity contribution is 5.64. The van der Waals surface area contributed by atoms with Gasteiger partial charge >= 0.3 is 0 Å². The Hall–Kier alpha value is -1.67. The van der Waals surface area contributed by atoms with Gasteiger partial charge in [-0.1, -0.05) is 49.4 Å². The Morgan fingerprint density at radius 2 is 1.65 bits per heavy atom. The molecule has 1 unspecified atom stereocenters. The van der Waals surface area contributed by atoms with Gasteiger partial charge in [0.25, 0.3) is 0 Å². The van der Waals surface area contributed by atoms with Crippen LogP contribution in [0.5, 0.6) is 0 Å². The lowest BCUT2D eigenvalue weighted by molar-refractivity contribution is 0.386.